The lowest BCUT2D eigenvalue weighted by Gasteiger charge is -2.37. The monoisotopic (exact) mass is 356 g/mol. The molecular weight excluding hydrogens is 328 g/mol. The van der Waals surface area contributed by atoms with Crippen molar-refractivity contribution >= 4 is 11.8 Å². The molecule has 2 fully saturated rings. The maximum atomic E-state index is 5.83. The van der Waals surface area contributed by atoms with Gasteiger partial charge in [0.15, 0.2) is 0 Å². The van der Waals surface area contributed by atoms with Gasteiger partial charge in [-0.25, -0.2) is 9.67 Å². The second kappa shape index (κ2) is 7.61. The first-order chi connectivity index (χ1) is 12.8. The van der Waals surface area contributed by atoms with E-state index in [0.717, 1.165) is 50.7 Å². The minimum atomic E-state index is 0.215. The lowest BCUT2D eigenvalue weighted by atomic mass is 9.77. The molecule has 0 unspecified atom stereocenters. The van der Waals surface area contributed by atoms with Crippen LogP contribution in [0.5, 0.6) is 0 Å². The zero-order chi connectivity index (χ0) is 17.9. The zero-order valence-corrected chi connectivity index (χ0v) is 15.6. The average molecular weight is 356 g/mol. The van der Waals surface area contributed by atoms with E-state index in [1.807, 2.05) is 36.2 Å². The first-order valence-electron chi connectivity index (χ1n) is 9.61. The molecule has 0 radical (unpaired) electrons. The van der Waals surface area contributed by atoms with Crippen molar-refractivity contribution in [2.75, 3.05) is 30.4 Å². The van der Waals surface area contributed by atoms with Gasteiger partial charge in [-0.2, -0.15) is 10.1 Å². The summed E-state index contributed by atoms with van der Waals surface area (Å²) >= 11 is 0. The molecule has 4 rings (SSSR count). The second-order valence-electron chi connectivity index (χ2n) is 7.42. The Morgan fingerprint density at radius 2 is 2.04 bits per heavy atom. The molecule has 2 aliphatic rings. The molecule has 0 aromatic carbocycles. The van der Waals surface area contributed by atoms with Gasteiger partial charge in [0.05, 0.1) is 12.1 Å². The van der Waals surface area contributed by atoms with Gasteiger partial charge < -0.3 is 15.0 Å². The van der Waals surface area contributed by atoms with Gasteiger partial charge in [0, 0.05) is 32.9 Å². The Kier molecular flexibility index (Phi) is 5.06. The number of hydrogen-bond donors (Lipinski definition) is 1. The van der Waals surface area contributed by atoms with Gasteiger partial charge >= 0.3 is 0 Å². The third kappa shape index (κ3) is 3.40. The van der Waals surface area contributed by atoms with E-state index in [0.29, 0.717) is 17.9 Å². The molecular formula is C19H28N6O. The number of aryl methyl sites for hydroxylation is 1. The third-order valence-electron chi connectivity index (χ3n) is 5.73. The lowest BCUT2D eigenvalue weighted by molar-refractivity contribution is 0.0305. The highest BCUT2D eigenvalue weighted by Crippen LogP contribution is 2.39. The summed E-state index contributed by atoms with van der Waals surface area (Å²) in [6.45, 7) is 5.19. The van der Waals surface area contributed by atoms with E-state index in [1.165, 1.54) is 0 Å². The third-order valence-corrected chi connectivity index (χ3v) is 5.73. The second-order valence-corrected chi connectivity index (χ2v) is 7.42. The molecule has 0 bridgehead atoms. The largest absolute Gasteiger partial charge is 0.379 e. The Bertz CT molecular complexity index is 705. The number of nitrogens with one attached hydrogen (secondary N) is 1. The fraction of sp³-hybridized carbons (Fsp3) is 0.632. The molecule has 1 aliphatic carbocycles. The standard InChI is InChI=1S/C19H28N6O/c1-3-8-25-19(21-13-22-25)24-11-14-9-16(17(26-2)10-15(14)12-24)23-18-6-4-5-7-20-18/h4-7,13-17H,3,8-12H2,1-2H3,(H,20,23)/t14-,15+,16-,17-/m1/s1. The van der Waals surface area contributed by atoms with Crippen molar-refractivity contribution < 1.29 is 4.74 Å². The van der Waals surface area contributed by atoms with Crippen molar-refractivity contribution in [3.8, 4) is 0 Å². The topological polar surface area (TPSA) is 68.1 Å². The van der Waals surface area contributed by atoms with Gasteiger partial charge in [-0.3, -0.25) is 0 Å². The Hall–Kier alpha value is -2.15. The fourth-order valence-electron chi connectivity index (χ4n) is 4.50. The molecule has 2 aromatic heterocycles. The Morgan fingerprint density at radius 1 is 1.19 bits per heavy atom. The Balaban J connectivity index is 1.46. The number of ether oxygens (including phenoxy) is 1. The fourth-order valence-corrected chi connectivity index (χ4v) is 4.50. The highest BCUT2D eigenvalue weighted by atomic mass is 16.5. The quantitative estimate of drug-likeness (QED) is 0.857. The molecule has 3 heterocycles. The number of rotatable bonds is 6. The van der Waals surface area contributed by atoms with Crippen molar-refractivity contribution in [3.63, 3.8) is 0 Å². The van der Waals surface area contributed by atoms with Gasteiger partial charge in [0.1, 0.15) is 12.1 Å². The van der Waals surface area contributed by atoms with Gasteiger partial charge in [-0.15, -0.1) is 0 Å². The van der Waals surface area contributed by atoms with Crippen molar-refractivity contribution in [1.29, 1.82) is 0 Å². The Labute approximate surface area is 154 Å². The van der Waals surface area contributed by atoms with Crippen LogP contribution in [0.3, 0.4) is 0 Å². The molecule has 4 atom stereocenters. The van der Waals surface area contributed by atoms with Crippen LogP contribution in [0.15, 0.2) is 30.7 Å². The molecule has 1 N–H and O–H groups in total. The van der Waals surface area contributed by atoms with Crippen LogP contribution in [0.1, 0.15) is 26.2 Å². The van der Waals surface area contributed by atoms with Crippen LogP contribution in [-0.2, 0) is 11.3 Å². The van der Waals surface area contributed by atoms with E-state index in [2.05, 4.69) is 32.2 Å². The molecule has 2 aromatic rings. The lowest BCUT2D eigenvalue weighted by Crippen LogP contribution is -2.44. The molecule has 140 valence electrons. The van der Waals surface area contributed by atoms with Crippen molar-refractivity contribution in [3.05, 3.63) is 30.7 Å². The van der Waals surface area contributed by atoms with E-state index < -0.39 is 0 Å². The van der Waals surface area contributed by atoms with Crippen LogP contribution >= 0.6 is 0 Å². The molecule has 1 aliphatic heterocycles. The molecule has 7 nitrogen and oxygen atoms in total. The highest BCUT2D eigenvalue weighted by Gasteiger charge is 2.43. The van der Waals surface area contributed by atoms with Crippen LogP contribution in [0.2, 0.25) is 0 Å². The van der Waals surface area contributed by atoms with E-state index in [9.17, 15) is 0 Å². The molecule has 0 spiro atoms. The number of nitrogens with zero attached hydrogens (tertiary/aromatic N) is 5. The molecule has 7 heteroatoms. The van der Waals surface area contributed by atoms with E-state index in [1.54, 1.807) is 6.33 Å². The van der Waals surface area contributed by atoms with E-state index >= 15 is 0 Å². The first-order valence-corrected chi connectivity index (χ1v) is 9.61. The Morgan fingerprint density at radius 3 is 2.77 bits per heavy atom. The number of methoxy groups -OCH3 is 1. The van der Waals surface area contributed by atoms with Gasteiger partial charge in [0.2, 0.25) is 5.95 Å². The summed E-state index contributed by atoms with van der Waals surface area (Å²) in [6, 6.07) is 6.27. The number of pyridine rings is 1. The van der Waals surface area contributed by atoms with Crippen LogP contribution in [0.25, 0.3) is 0 Å². The molecule has 0 amide bonds. The summed E-state index contributed by atoms with van der Waals surface area (Å²) in [7, 11) is 1.82. The number of aromatic nitrogens is 4. The summed E-state index contributed by atoms with van der Waals surface area (Å²) in [5.41, 5.74) is 0. The van der Waals surface area contributed by atoms with Gasteiger partial charge in [-0.05, 0) is 43.2 Å². The summed E-state index contributed by atoms with van der Waals surface area (Å²) in [6.07, 6.45) is 6.96. The van der Waals surface area contributed by atoms with Crippen molar-refractivity contribution in [2.45, 2.75) is 44.9 Å². The smallest absolute Gasteiger partial charge is 0.223 e. The van der Waals surface area contributed by atoms with E-state index in [4.69, 9.17) is 4.74 Å². The number of fused-ring (bicyclic) bond motifs is 1. The van der Waals surface area contributed by atoms with Gasteiger partial charge in [-0.1, -0.05) is 13.0 Å². The first kappa shape index (κ1) is 17.3. The average Bonchev–Trinajstić information content (AvgIpc) is 3.28. The maximum Gasteiger partial charge on any atom is 0.223 e. The predicted molar refractivity (Wildman–Crippen MR) is 101 cm³/mol. The number of anilines is 2. The normalized spacial score (nSPS) is 28.2. The predicted octanol–water partition coefficient (Wildman–Crippen LogP) is 2.43. The van der Waals surface area contributed by atoms with Crippen LogP contribution in [0.4, 0.5) is 11.8 Å². The highest BCUT2D eigenvalue weighted by molar-refractivity contribution is 5.36. The SMILES string of the molecule is CCCn1ncnc1N1C[C@H]2C[C@@H](Nc3ccccn3)[C@H](OC)C[C@H]2C1. The van der Waals surface area contributed by atoms with E-state index in [-0.39, 0.29) is 6.10 Å². The number of hydrogen-bond acceptors (Lipinski definition) is 6. The zero-order valence-electron chi connectivity index (χ0n) is 15.6. The summed E-state index contributed by atoms with van der Waals surface area (Å²) in [4.78, 5) is 11.3. The van der Waals surface area contributed by atoms with Crippen LogP contribution < -0.4 is 10.2 Å². The molecule has 26 heavy (non-hydrogen) atoms. The minimum absolute atomic E-state index is 0.215. The molecule has 1 saturated carbocycles. The van der Waals surface area contributed by atoms with Crippen LogP contribution in [-0.4, -0.2) is 52.1 Å². The maximum absolute atomic E-state index is 5.83. The van der Waals surface area contributed by atoms with Crippen molar-refractivity contribution in [1.82, 2.24) is 19.7 Å². The van der Waals surface area contributed by atoms with Gasteiger partial charge in [0.25, 0.3) is 0 Å². The van der Waals surface area contributed by atoms with Crippen molar-refractivity contribution in [2.24, 2.45) is 11.8 Å². The summed E-state index contributed by atoms with van der Waals surface area (Å²) in [5.74, 6) is 3.24. The molecule has 1 saturated heterocycles. The minimum Gasteiger partial charge on any atom is -0.379 e. The summed E-state index contributed by atoms with van der Waals surface area (Å²) in [5, 5.41) is 7.98. The summed E-state index contributed by atoms with van der Waals surface area (Å²) < 4.78 is 7.87. The van der Waals surface area contributed by atoms with Crippen LogP contribution in [0, 0.1) is 11.8 Å².